The number of rotatable bonds is 4. The standard InChI is InChI=1S/C21H30N6O2/c1-21(2,3)18-14-17(22-23-18)20(29)26-10-7-25(8-11-26)9-12-27-19(28)13-15-5-4-6-16(15)24-27/h13-14H,4-12H2,1-3H3,(H,22,23). The number of hydrogen-bond donors (Lipinski definition) is 1. The van der Waals surface area contributed by atoms with E-state index in [0.717, 1.165) is 55.8 Å². The Kier molecular flexibility index (Phi) is 5.29. The van der Waals surface area contributed by atoms with Gasteiger partial charge in [0.05, 0.1) is 12.2 Å². The average Bonchev–Trinajstić information content (AvgIpc) is 3.35. The summed E-state index contributed by atoms with van der Waals surface area (Å²) in [4.78, 5) is 29.1. The first-order valence-electron chi connectivity index (χ1n) is 10.5. The highest BCUT2D eigenvalue weighted by atomic mass is 16.2. The third-order valence-corrected chi connectivity index (χ3v) is 5.92. The second-order valence-electron chi connectivity index (χ2n) is 9.08. The number of carbonyl (C=O) groups is 1. The van der Waals surface area contributed by atoms with Crippen molar-refractivity contribution >= 4 is 5.91 Å². The molecule has 2 aromatic heterocycles. The van der Waals surface area contributed by atoms with E-state index < -0.39 is 0 Å². The Hall–Kier alpha value is -2.48. The maximum Gasteiger partial charge on any atom is 0.274 e. The Morgan fingerprint density at radius 3 is 2.55 bits per heavy atom. The van der Waals surface area contributed by atoms with E-state index in [1.54, 1.807) is 10.7 Å². The summed E-state index contributed by atoms with van der Waals surface area (Å²) in [6, 6.07) is 3.61. The molecule has 1 N–H and O–H groups in total. The van der Waals surface area contributed by atoms with Crippen molar-refractivity contribution in [1.82, 2.24) is 29.8 Å². The third-order valence-electron chi connectivity index (χ3n) is 5.92. The summed E-state index contributed by atoms with van der Waals surface area (Å²) in [5.74, 6) is -0.0205. The van der Waals surface area contributed by atoms with E-state index in [9.17, 15) is 9.59 Å². The molecule has 2 aliphatic rings. The fourth-order valence-electron chi connectivity index (χ4n) is 3.99. The van der Waals surface area contributed by atoms with Crippen molar-refractivity contribution < 1.29 is 4.79 Å². The maximum atomic E-state index is 12.7. The van der Waals surface area contributed by atoms with Gasteiger partial charge in [0.2, 0.25) is 0 Å². The van der Waals surface area contributed by atoms with Crippen molar-refractivity contribution in [3.05, 3.63) is 45.1 Å². The summed E-state index contributed by atoms with van der Waals surface area (Å²) in [6.45, 7) is 10.6. The van der Waals surface area contributed by atoms with Crippen LogP contribution in [0.2, 0.25) is 0 Å². The summed E-state index contributed by atoms with van der Waals surface area (Å²) in [7, 11) is 0. The fourth-order valence-corrected chi connectivity index (χ4v) is 3.99. The highest BCUT2D eigenvalue weighted by Crippen LogP contribution is 2.21. The number of hydrogen-bond acceptors (Lipinski definition) is 5. The zero-order valence-electron chi connectivity index (χ0n) is 17.6. The van der Waals surface area contributed by atoms with E-state index in [4.69, 9.17) is 0 Å². The zero-order chi connectivity index (χ0) is 20.6. The van der Waals surface area contributed by atoms with E-state index in [-0.39, 0.29) is 16.9 Å². The normalized spacial score (nSPS) is 17.6. The molecule has 0 aromatic carbocycles. The van der Waals surface area contributed by atoms with E-state index in [2.05, 4.69) is 41.0 Å². The molecule has 156 valence electrons. The van der Waals surface area contributed by atoms with E-state index in [1.807, 2.05) is 11.0 Å². The van der Waals surface area contributed by atoms with Crippen LogP contribution in [0.3, 0.4) is 0 Å². The van der Waals surface area contributed by atoms with Gasteiger partial charge in [0.15, 0.2) is 0 Å². The van der Waals surface area contributed by atoms with Crippen molar-refractivity contribution in [2.75, 3.05) is 32.7 Å². The number of fused-ring (bicyclic) bond motifs is 1. The Labute approximate surface area is 170 Å². The van der Waals surface area contributed by atoms with Crippen LogP contribution in [0.15, 0.2) is 16.9 Å². The van der Waals surface area contributed by atoms with Crippen LogP contribution in [0, 0.1) is 0 Å². The predicted octanol–water partition coefficient (Wildman–Crippen LogP) is 1.21. The number of nitrogens with one attached hydrogen (secondary N) is 1. The number of aryl methyl sites for hydroxylation is 2. The van der Waals surface area contributed by atoms with Crippen molar-refractivity contribution in [3.8, 4) is 0 Å². The monoisotopic (exact) mass is 398 g/mol. The summed E-state index contributed by atoms with van der Waals surface area (Å²) >= 11 is 0. The SMILES string of the molecule is CC(C)(C)c1cc(C(=O)N2CCN(CCn3nc4c(cc3=O)CCC4)CC2)n[nH]1. The largest absolute Gasteiger partial charge is 0.335 e. The van der Waals surface area contributed by atoms with Crippen LogP contribution in [-0.4, -0.2) is 68.4 Å². The first-order chi connectivity index (χ1) is 13.8. The molecular formula is C21H30N6O2. The van der Waals surface area contributed by atoms with Crippen molar-refractivity contribution in [2.45, 2.75) is 52.0 Å². The summed E-state index contributed by atoms with van der Waals surface area (Å²) in [5, 5.41) is 11.7. The molecule has 29 heavy (non-hydrogen) atoms. The molecule has 0 atom stereocenters. The molecule has 3 heterocycles. The number of nitrogens with zero attached hydrogens (tertiary/aromatic N) is 5. The summed E-state index contributed by atoms with van der Waals surface area (Å²) < 4.78 is 1.60. The van der Waals surface area contributed by atoms with Gasteiger partial charge >= 0.3 is 0 Å². The van der Waals surface area contributed by atoms with Crippen LogP contribution < -0.4 is 5.56 Å². The minimum atomic E-state index is -0.0616. The lowest BCUT2D eigenvalue weighted by Crippen LogP contribution is -2.49. The minimum Gasteiger partial charge on any atom is -0.335 e. The summed E-state index contributed by atoms with van der Waals surface area (Å²) in [5.41, 5.74) is 3.57. The fraction of sp³-hybridized carbons (Fsp3) is 0.619. The van der Waals surface area contributed by atoms with E-state index in [1.165, 1.54) is 0 Å². The molecule has 0 spiro atoms. The summed E-state index contributed by atoms with van der Waals surface area (Å²) in [6.07, 6.45) is 3.04. The van der Waals surface area contributed by atoms with Gasteiger partial charge in [0.25, 0.3) is 11.5 Å². The maximum absolute atomic E-state index is 12.7. The number of aromatic nitrogens is 4. The smallest absolute Gasteiger partial charge is 0.274 e. The van der Waals surface area contributed by atoms with Gasteiger partial charge in [-0.25, -0.2) is 4.68 Å². The molecule has 2 aromatic rings. The van der Waals surface area contributed by atoms with Gasteiger partial charge in [0, 0.05) is 49.9 Å². The number of piperazine rings is 1. The van der Waals surface area contributed by atoms with Gasteiger partial charge in [0.1, 0.15) is 5.69 Å². The molecule has 4 rings (SSSR count). The lowest BCUT2D eigenvalue weighted by molar-refractivity contribution is 0.0625. The molecule has 8 heteroatoms. The lowest BCUT2D eigenvalue weighted by atomic mass is 9.92. The van der Waals surface area contributed by atoms with Crippen LogP contribution in [0.25, 0.3) is 0 Å². The Bertz CT molecular complexity index is 947. The average molecular weight is 399 g/mol. The van der Waals surface area contributed by atoms with Crippen molar-refractivity contribution in [2.24, 2.45) is 0 Å². The molecule has 0 saturated carbocycles. The van der Waals surface area contributed by atoms with E-state index >= 15 is 0 Å². The molecule has 1 aliphatic carbocycles. The molecule has 1 fully saturated rings. The molecule has 0 radical (unpaired) electrons. The first kappa shape index (κ1) is 19.8. The second kappa shape index (κ2) is 7.74. The molecular weight excluding hydrogens is 368 g/mol. The minimum absolute atomic E-state index is 0.00681. The number of H-pyrrole nitrogens is 1. The van der Waals surface area contributed by atoms with Crippen molar-refractivity contribution in [1.29, 1.82) is 0 Å². The van der Waals surface area contributed by atoms with Gasteiger partial charge in [-0.3, -0.25) is 19.6 Å². The van der Waals surface area contributed by atoms with Gasteiger partial charge in [-0.2, -0.15) is 10.2 Å². The zero-order valence-corrected chi connectivity index (χ0v) is 17.6. The van der Waals surface area contributed by atoms with Gasteiger partial charge in [-0.1, -0.05) is 20.8 Å². The molecule has 1 saturated heterocycles. The van der Waals surface area contributed by atoms with E-state index in [0.29, 0.717) is 25.3 Å². The predicted molar refractivity (Wildman–Crippen MR) is 110 cm³/mol. The quantitative estimate of drug-likeness (QED) is 0.837. The highest BCUT2D eigenvalue weighted by Gasteiger charge is 2.26. The molecule has 0 bridgehead atoms. The Morgan fingerprint density at radius 1 is 1.10 bits per heavy atom. The lowest BCUT2D eigenvalue weighted by Gasteiger charge is -2.34. The topological polar surface area (TPSA) is 87.1 Å². The van der Waals surface area contributed by atoms with Crippen molar-refractivity contribution in [3.63, 3.8) is 0 Å². The molecule has 1 aliphatic heterocycles. The Balaban J connectivity index is 1.30. The number of carbonyl (C=O) groups excluding carboxylic acids is 1. The molecule has 8 nitrogen and oxygen atoms in total. The van der Waals surface area contributed by atoms with Gasteiger partial charge in [-0.05, 0) is 30.9 Å². The molecule has 0 unspecified atom stereocenters. The number of amides is 1. The first-order valence-corrected chi connectivity index (χ1v) is 10.5. The molecule has 1 amide bonds. The van der Waals surface area contributed by atoms with Crippen LogP contribution in [0.5, 0.6) is 0 Å². The second-order valence-corrected chi connectivity index (χ2v) is 9.08. The van der Waals surface area contributed by atoms with Crippen LogP contribution >= 0.6 is 0 Å². The highest BCUT2D eigenvalue weighted by molar-refractivity contribution is 5.92. The van der Waals surface area contributed by atoms with Gasteiger partial charge < -0.3 is 4.90 Å². The van der Waals surface area contributed by atoms with Crippen LogP contribution in [0.4, 0.5) is 0 Å². The van der Waals surface area contributed by atoms with Gasteiger partial charge in [-0.15, -0.1) is 0 Å². The number of aromatic amines is 1. The van der Waals surface area contributed by atoms with Crippen LogP contribution in [0.1, 0.15) is 54.6 Å². The Morgan fingerprint density at radius 2 is 1.86 bits per heavy atom. The van der Waals surface area contributed by atoms with Crippen LogP contribution in [-0.2, 0) is 24.8 Å². The third kappa shape index (κ3) is 4.27.